The average Bonchev–Trinajstić information content (AvgIpc) is 2.95. The summed E-state index contributed by atoms with van der Waals surface area (Å²) in [5.41, 5.74) is 3.09. The molecular formula is C17H26N5O+. The van der Waals surface area contributed by atoms with Gasteiger partial charge in [-0.05, 0) is 49.2 Å². The average molecular weight is 316 g/mol. The number of aromatic nitrogens is 4. The molecule has 0 saturated carbocycles. The number of nitrogens with two attached hydrogens (primary N) is 1. The van der Waals surface area contributed by atoms with Crippen LogP contribution >= 0.6 is 0 Å². The Morgan fingerprint density at radius 1 is 1.22 bits per heavy atom. The highest BCUT2D eigenvalue weighted by Crippen LogP contribution is 2.36. The van der Waals surface area contributed by atoms with E-state index in [1.54, 1.807) is 0 Å². The second-order valence-corrected chi connectivity index (χ2v) is 7.13. The largest absolute Gasteiger partial charge is 0.375 e. The number of ether oxygens (including phenoxy) is 1. The van der Waals surface area contributed by atoms with Crippen LogP contribution in [-0.2, 0) is 10.3 Å². The molecule has 1 saturated heterocycles. The molecule has 1 aliphatic heterocycles. The standard InChI is InChI=1S/C17H25N5O/c1-12-7-6-8-13(2)14(12)22-15(19-20-21-22)17(18-5)9-10-23-16(3,4)11-17/h6-8,18H,9-11H2,1-5H3/p+1/t17-/m1/s1. The maximum absolute atomic E-state index is 5.92. The molecule has 23 heavy (non-hydrogen) atoms. The lowest BCUT2D eigenvalue weighted by Gasteiger charge is -2.41. The number of aryl methyl sites for hydroxylation is 2. The molecular weight excluding hydrogens is 290 g/mol. The van der Waals surface area contributed by atoms with Gasteiger partial charge >= 0.3 is 0 Å². The minimum absolute atomic E-state index is 0.167. The van der Waals surface area contributed by atoms with Crippen molar-refractivity contribution in [1.82, 2.24) is 20.2 Å². The summed E-state index contributed by atoms with van der Waals surface area (Å²) in [5, 5.41) is 15.0. The third-order valence-electron chi connectivity index (χ3n) is 4.90. The van der Waals surface area contributed by atoms with Gasteiger partial charge in [0.15, 0.2) is 5.54 Å². The van der Waals surface area contributed by atoms with Gasteiger partial charge in [0.1, 0.15) is 0 Å². The molecule has 1 fully saturated rings. The van der Waals surface area contributed by atoms with Crippen LogP contribution in [0.2, 0.25) is 0 Å². The Labute approximate surface area is 137 Å². The molecule has 2 heterocycles. The van der Waals surface area contributed by atoms with Gasteiger partial charge in [-0.1, -0.05) is 18.2 Å². The lowest BCUT2D eigenvalue weighted by Crippen LogP contribution is -2.93. The highest BCUT2D eigenvalue weighted by molar-refractivity contribution is 5.46. The molecule has 1 aromatic carbocycles. The van der Waals surface area contributed by atoms with Crippen molar-refractivity contribution in [2.24, 2.45) is 0 Å². The molecule has 0 bridgehead atoms. The fraction of sp³-hybridized carbons (Fsp3) is 0.588. The minimum atomic E-state index is -0.178. The van der Waals surface area contributed by atoms with Crippen LogP contribution in [0.3, 0.4) is 0 Å². The molecule has 0 radical (unpaired) electrons. The molecule has 0 aliphatic carbocycles. The van der Waals surface area contributed by atoms with Gasteiger partial charge in [0.25, 0.3) is 0 Å². The van der Waals surface area contributed by atoms with E-state index >= 15 is 0 Å². The van der Waals surface area contributed by atoms with Crippen LogP contribution in [0.5, 0.6) is 0 Å². The SMILES string of the molecule is C[NH2+][C@]1(c2nnnn2-c2c(C)cccc2C)CCOC(C)(C)C1. The Morgan fingerprint density at radius 2 is 1.91 bits per heavy atom. The van der Waals surface area contributed by atoms with E-state index in [2.05, 4.69) is 73.8 Å². The Bertz CT molecular complexity index is 689. The monoisotopic (exact) mass is 316 g/mol. The van der Waals surface area contributed by atoms with Crippen LogP contribution in [0.1, 0.15) is 43.6 Å². The maximum Gasteiger partial charge on any atom is 0.217 e. The Hall–Kier alpha value is -1.79. The fourth-order valence-corrected chi connectivity index (χ4v) is 3.76. The molecule has 0 amide bonds. The first-order valence-electron chi connectivity index (χ1n) is 8.18. The van der Waals surface area contributed by atoms with Crippen molar-refractivity contribution < 1.29 is 10.1 Å². The summed E-state index contributed by atoms with van der Waals surface area (Å²) in [5.74, 6) is 0.911. The summed E-state index contributed by atoms with van der Waals surface area (Å²) in [6.07, 6.45) is 1.78. The molecule has 3 rings (SSSR count). The van der Waals surface area contributed by atoms with Gasteiger partial charge in [-0.2, -0.15) is 4.68 Å². The maximum atomic E-state index is 5.92. The van der Waals surface area contributed by atoms with Gasteiger partial charge in [0.05, 0.1) is 24.9 Å². The fourth-order valence-electron chi connectivity index (χ4n) is 3.76. The van der Waals surface area contributed by atoms with Gasteiger partial charge in [-0.15, -0.1) is 5.10 Å². The van der Waals surface area contributed by atoms with Crippen molar-refractivity contribution in [2.45, 2.75) is 51.7 Å². The van der Waals surface area contributed by atoms with Gasteiger partial charge in [-0.3, -0.25) is 0 Å². The van der Waals surface area contributed by atoms with Crippen molar-refractivity contribution in [3.05, 3.63) is 35.2 Å². The number of quaternary nitrogens is 1. The van der Waals surface area contributed by atoms with Crippen molar-refractivity contribution in [2.75, 3.05) is 13.7 Å². The van der Waals surface area contributed by atoms with Crippen LogP contribution < -0.4 is 5.32 Å². The summed E-state index contributed by atoms with van der Waals surface area (Å²) in [6.45, 7) is 9.19. The van der Waals surface area contributed by atoms with E-state index in [1.807, 2.05) is 4.68 Å². The first-order valence-corrected chi connectivity index (χ1v) is 8.18. The van der Waals surface area contributed by atoms with Crippen LogP contribution in [0.4, 0.5) is 0 Å². The molecule has 124 valence electrons. The molecule has 6 heteroatoms. The normalized spacial score (nSPS) is 23.9. The Kier molecular flexibility index (Phi) is 3.98. The molecule has 1 aliphatic rings. The van der Waals surface area contributed by atoms with Crippen molar-refractivity contribution in [3.8, 4) is 5.69 Å². The highest BCUT2D eigenvalue weighted by Gasteiger charge is 2.48. The van der Waals surface area contributed by atoms with E-state index < -0.39 is 0 Å². The van der Waals surface area contributed by atoms with Gasteiger partial charge in [-0.25, -0.2) is 0 Å². The molecule has 2 aromatic rings. The summed E-state index contributed by atoms with van der Waals surface area (Å²) >= 11 is 0. The predicted molar refractivity (Wildman–Crippen MR) is 87.4 cm³/mol. The van der Waals surface area contributed by atoms with Crippen molar-refractivity contribution >= 4 is 0 Å². The van der Waals surface area contributed by atoms with E-state index in [9.17, 15) is 0 Å². The van der Waals surface area contributed by atoms with E-state index in [0.29, 0.717) is 0 Å². The highest BCUT2D eigenvalue weighted by atomic mass is 16.5. The van der Waals surface area contributed by atoms with E-state index in [0.717, 1.165) is 31.0 Å². The number of tetrazole rings is 1. The Balaban J connectivity index is 2.13. The summed E-state index contributed by atoms with van der Waals surface area (Å²) < 4.78 is 7.84. The molecule has 0 spiro atoms. The quantitative estimate of drug-likeness (QED) is 0.925. The lowest BCUT2D eigenvalue weighted by atomic mass is 9.80. The van der Waals surface area contributed by atoms with Crippen LogP contribution in [0.25, 0.3) is 5.69 Å². The van der Waals surface area contributed by atoms with Crippen molar-refractivity contribution in [1.29, 1.82) is 0 Å². The van der Waals surface area contributed by atoms with E-state index in [4.69, 9.17) is 4.74 Å². The lowest BCUT2D eigenvalue weighted by molar-refractivity contribution is -0.722. The molecule has 0 unspecified atom stereocenters. The number of nitrogens with zero attached hydrogens (tertiary/aromatic N) is 4. The third-order valence-corrected chi connectivity index (χ3v) is 4.90. The van der Waals surface area contributed by atoms with Gasteiger partial charge < -0.3 is 10.1 Å². The van der Waals surface area contributed by atoms with Gasteiger partial charge in [0.2, 0.25) is 5.82 Å². The van der Waals surface area contributed by atoms with Crippen LogP contribution in [0.15, 0.2) is 18.2 Å². The van der Waals surface area contributed by atoms with Gasteiger partial charge in [0, 0.05) is 12.8 Å². The second-order valence-electron chi connectivity index (χ2n) is 7.13. The van der Waals surface area contributed by atoms with E-state index in [-0.39, 0.29) is 11.1 Å². The number of rotatable bonds is 3. The zero-order chi connectivity index (χ0) is 16.7. The molecule has 1 atom stereocenters. The molecule has 2 N–H and O–H groups in total. The molecule has 1 aromatic heterocycles. The topological polar surface area (TPSA) is 69.4 Å². The number of benzene rings is 1. The smallest absolute Gasteiger partial charge is 0.217 e. The summed E-state index contributed by atoms with van der Waals surface area (Å²) in [4.78, 5) is 0. The van der Waals surface area contributed by atoms with Crippen molar-refractivity contribution in [3.63, 3.8) is 0 Å². The minimum Gasteiger partial charge on any atom is -0.375 e. The number of hydrogen-bond acceptors (Lipinski definition) is 4. The summed E-state index contributed by atoms with van der Waals surface area (Å²) in [6, 6.07) is 6.27. The summed E-state index contributed by atoms with van der Waals surface area (Å²) in [7, 11) is 2.10. The third kappa shape index (κ3) is 2.77. The predicted octanol–water partition coefficient (Wildman–Crippen LogP) is 1.26. The molecule has 6 nitrogen and oxygen atoms in total. The van der Waals surface area contributed by atoms with E-state index in [1.165, 1.54) is 11.1 Å². The second kappa shape index (κ2) is 5.69. The number of para-hydroxylation sites is 1. The first kappa shape index (κ1) is 16.1. The zero-order valence-electron chi connectivity index (χ0n) is 14.6. The zero-order valence-corrected chi connectivity index (χ0v) is 14.6. The van der Waals surface area contributed by atoms with Crippen LogP contribution in [0, 0.1) is 13.8 Å². The first-order chi connectivity index (χ1) is 10.9. The Morgan fingerprint density at radius 3 is 2.52 bits per heavy atom. The number of hydrogen-bond donors (Lipinski definition) is 1. The van der Waals surface area contributed by atoms with Crippen LogP contribution in [-0.4, -0.2) is 39.5 Å².